The standard InChI is InChI=1S/C9H12N2OS/c1-2-6-3-4-8(13-6)7-5-12-9(10)11-7/h3-4,7H,2,5H2,1H3,(H2,10,11). The number of nitrogens with two attached hydrogens (primary N) is 1. The molecule has 2 rings (SSSR count). The van der Waals surface area contributed by atoms with Crippen molar-refractivity contribution in [2.45, 2.75) is 19.4 Å². The zero-order valence-corrected chi connectivity index (χ0v) is 8.30. The van der Waals surface area contributed by atoms with Crippen LogP contribution in [0.4, 0.5) is 0 Å². The number of hydrogen-bond donors (Lipinski definition) is 1. The van der Waals surface area contributed by atoms with Gasteiger partial charge in [0.15, 0.2) is 0 Å². The van der Waals surface area contributed by atoms with Gasteiger partial charge < -0.3 is 10.5 Å². The second-order valence-electron chi connectivity index (χ2n) is 2.95. The van der Waals surface area contributed by atoms with E-state index >= 15 is 0 Å². The van der Waals surface area contributed by atoms with E-state index in [0.717, 1.165) is 6.42 Å². The molecule has 0 aliphatic carbocycles. The van der Waals surface area contributed by atoms with E-state index in [9.17, 15) is 0 Å². The van der Waals surface area contributed by atoms with Crippen molar-refractivity contribution >= 4 is 17.4 Å². The monoisotopic (exact) mass is 196 g/mol. The zero-order chi connectivity index (χ0) is 9.26. The van der Waals surface area contributed by atoms with Crippen LogP contribution in [0.3, 0.4) is 0 Å². The number of thiophene rings is 1. The van der Waals surface area contributed by atoms with E-state index in [4.69, 9.17) is 10.5 Å². The first kappa shape index (κ1) is 8.56. The molecule has 1 atom stereocenters. The minimum Gasteiger partial charge on any atom is -0.463 e. The quantitative estimate of drug-likeness (QED) is 0.782. The van der Waals surface area contributed by atoms with Crippen molar-refractivity contribution < 1.29 is 4.74 Å². The highest BCUT2D eigenvalue weighted by molar-refractivity contribution is 7.12. The summed E-state index contributed by atoms with van der Waals surface area (Å²) in [5, 5.41) is 0. The largest absolute Gasteiger partial charge is 0.463 e. The van der Waals surface area contributed by atoms with Gasteiger partial charge in [-0.1, -0.05) is 6.92 Å². The van der Waals surface area contributed by atoms with Crippen molar-refractivity contribution in [1.82, 2.24) is 0 Å². The number of nitrogens with zero attached hydrogens (tertiary/aromatic N) is 1. The van der Waals surface area contributed by atoms with Gasteiger partial charge in [0.2, 0.25) is 0 Å². The first-order valence-electron chi connectivity index (χ1n) is 4.34. The number of amidine groups is 1. The molecule has 1 aromatic rings. The van der Waals surface area contributed by atoms with E-state index < -0.39 is 0 Å². The normalized spacial score (nSPS) is 21.3. The Bertz CT molecular complexity index is 332. The molecule has 1 aromatic heterocycles. The fourth-order valence-electron chi connectivity index (χ4n) is 1.30. The molecule has 0 saturated carbocycles. The minimum absolute atomic E-state index is 0.130. The van der Waals surface area contributed by atoms with Gasteiger partial charge in [0.05, 0.1) is 0 Å². The Morgan fingerprint density at radius 1 is 1.69 bits per heavy atom. The van der Waals surface area contributed by atoms with Crippen LogP contribution in [0, 0.1) is 0 Å². The summed E-state index contributed by atoms with van der Waals surface area (Å²) < 4.78 is 5.10. The van der Waals surface area contributed by atoms with Crippen molar-refractivity contribution in [3.8, 4) is 0 Å². The first-order valence-corrected chi connectivity index (χ1v) is 5.16. The molecule has 2 N–H and O–H groups in total. The van der Waals surface area contributed by atoms with E-state index in [2.05, 4.69) is 24.0 Å². The molecule has 1 aliphatic heterocycles. The van der Waals surface area contributed by atoms with Crippen LogP contribution in [0.25, 0.3) is 0 Å². The number of ether oxygens (including phenoxy) is 1. The summed E-state index contributed by atoms with van der Waals surface area (Å²) in [4.78, 5) is 6.82. The summed E-state index contributed by atoms with van der Waals surface area (Å²) in [7, 11) is 0. The maximum absolute atomic E-state index is 5.43. The fourth-order valence-corrected chi connectivity index (χ4v) is 2.28. The van der Waals surface area contributed by atoms with Crippen LogP contribution in [-0.2, 0) is 11.2 Å². The van der Waals surface area contributed by atoms with Crippen molar-refractivity contribution in [3.05, 3.63) is 21.9 Å². The smallest absolute Gasteiger partial charge is 0.282 e. The van der Waals surface area contributed by atoms with E-state index in [1.54, 1.807) is 11.3 Å². The van der Waals surface area contributed by atoms with Crippen molar-refractivity contribution in [1.29, 1.82) is 0 Å². The first-order chi connectivity index (χ1) is 6.29. The van der Waals surface area contributed by atoms with Gasteiger partial charge in [-0.25, -0.2) is 4.99 Å². The number of aliphatic imine (C=N–C) groups is 1. The lowest BCUT2D eigenvalue weighted by molar-refractivity contribution is 0.316. The second kappa shape index (κ2) is 3.38. The number of aryl methyl sites for hydroxylation is 1. The Kier molecular flexibility index (Phi) is 2.22. The third-order valence-electron chi connectivity index (χ3n) is 2.03. The summed E-state index contributed by atoms with van der Waals surface area (Å²) in [5.74, 6) is 0. The molecule has 70 valence electrons. The Morgan fingerprint density at radius 3 is 3.08 bits per heavy atom. The third-order valence-corrected chi connectivity index (χ3v) is 3.36. The Balaban J connectivity index is 2.17. The lowest BCUT2D eigenvalue weighted by atomic mass is 10.2. The molecule has 3 nitrogen and oxygen atoms in total. The van der Waals surface area contributed by atoms with Crippen LogP contribution >= 0.6 is 11.3 Å². The number of hydrogen-bond acceptors (Lipinski definition) is 4. The Labute approximate surface area is 81.2 Å². The molecule has 0 bridgehead atoms. The van der Waals surface area contributed by atoms with Gasteiger partial charge in [-0.3, -0.25) is 0 Å². The summed E-state index contributed by atoms with van der Waals surface area (Å²) in [6, 6.07) is 4.70. The highest BCUT2D eigenvalue weighted by Crippen LogP contribution is 2.28. The van der Waals surface area contributed by atoms with Gasteiger partial charge in [0, 0.05) is 9.75 Å². The average Bonchev–Trinajstić information content (AvgIpc) is 2.71. The second-order valence-corrected chi connectivity index (χ2v) is 4.15. The van der Waals surface area contributed by atoms with Crippen LogP contribution < -0.4 is 5.73 Å². The molecule has 0 spiro atoms. The van der Waals surface area contributed by atoms with Crippen molar-refractivity contribution in [2.24, 2.45) is 10.7 Å². The molecule has 0 amide bonds. The molecule has 1 aliphatic rings. The van der Waals surface area contributed by atoms with E-state index in [0.29, 0.717) is 12.6 Å². The fraction of sp³-hybridized carbons (Fsp3) is 0.444. The highest BCUT2D eigenvalue weighted by atomic mass is 32.1. The van der Waals surface area contributed by atoms with Gasteiger partial charge in [-0.2, -0.15) is 0 Å². The molecular formula is C9H12N2OS. The summed E-state index contributed by atoms with van der Waals surface area (Å²) in [6.07, 6.45) is 1.08. The summed E-state index contributed by atoms with van der Waals surface area (Å²) >= 11 is 1.79. The predicted molar refractivity (Wildman–Crippen MR) is 54.0 cm³/mol. The molecule has 0 saturated heterocycles. The van der Waals surface area contributed by atoms with Crippen LogP contribution in [0.5, 0.6) is 0 Å². The highest BCUT2D eigenvalue weighted by Gasteiger charge is 2.19. The molecule has 13 heavy (non-hydrogen) atoms. The molecule has 0 fully saturated rings. The maximum atomic E-state index is 5.43. The van der Waals surface area contributed by atoms with Gasteiger partial charge in [-0.05, 0) is 18.6 Å². The molecule has 1 unspecified atom stereocenters. The van der Waals surface area contributed by atoms with Crippen molar-refractivity contribution in [3.63, 3.8) is 0 Å². The minimum atomic E-state index is 0.130. The Hall–Kier alpha value is -1.03. The molecular weight excluding hydrogens is 184 g/mol. The van der Waals surface area contributed by atoms with Gasteiger partial charge >= 0.3 is 0 Å². The zero-order valence-electron chi connectivity index (χ0n) is 7.49. The van der Waals surface area contributed by atoms with Crippen LogP contribution in [0.1, 0.15) is 22.7 Å². The Morgan fingerprint density at radius 2 is 2.54 bits per heavy atom. The predicted octanol–water partition coefficient (Wildman–Crippen LogP) is 1.70. The number of rotatable bonds is 2. The van der Waals surface area contributed by atoms with E-state index in [-0.39, 0.29) is 6.04 Å². The maximum Gasteiger partial charge on any atom is 0.282 e. The van der Waals surface area contributed by atoms with Gasteiger partial charge in [0.1, 0.15) is 12.6 Å². The molecule has 0 aromatic carbocycles. The van der Waals surface area contributed by atoms with Gasteiger partial charge in [-0.15, -0.1) is 11.3 Å². The van der Waals surface area contributed by atoms with E-state index in [1.165, 1.54) is 9.75 Å². The average molecular weight is 196 g/mol. The van der Waals surface area contributed by atoms with Crippen LogP contribution in [0.2, 0.25) is 0 Å². The summed E-state index contributed by atoms with van der Waals surface area (Å²) in [6.45, 7) is 2.74. The topological polar surface area (TPSA) is 47.6 Å². The summed E-state index contributed by atoms with van der Waals surface area (Å²) in [5.41, 5.74) is 5.43. The SMILES string of the molecule is CCc1ccc(C2COC(N)=N2)s1. The van der Waals surface area contributed by atoms with E-state index in [1.807, 2.05) is 0 Å². The van der Waals surface area contributed by atoms with Crippen molar-refractivity contribution in [2.75, 3.05) is 6.61 Å². The third kappa shape index (κ3) is 1.67. The van der Waals surface area contributed by atoms with Gasteiger partial charge in [0.25, 0.3) is 6.02 Å². The molecule has 0 radical (unpaired) electrons. The molecule has 2 heterocycles. The lowest BCUT2D eigenvalue weighted by Gasteiger charge is -1.99. The molecule has 4 heteroatoms. The lowest BCUT2D eigenvalue weighted by Crippen LogP contribution is -2.10. The van der Waals surface area contributed by atoms with Crippen LogP contribution in [0.15, 0.2) is 17.1 Å². The van der Waals surface area contributed by atoms with Crippen LogP contribution in [-0.4, -0.2) is 12.6 Å².